The maximum absolute atomic E-state index is 12.5. The van der Waals surface area contributed by atoms with E-state index < -0.39 is 6.10 Å². The highest BCUT2D eigenvalue weighted by molar-refractivity contribution is 6.34. The summed E-state index contributed by atoms with van der Waals surface area (Å²) in [6.45, 7) is 1.66. The van der Waals surface area contributed by atoms with Crippen LogP contribution in [-0.4, -0.2) is 17.8 Å². The van der Waals surface area contributed by atoms with Gasteiger partial charge in [0.25, 0.3) is 5.91 Å². The second kappa shape index (κ2) is 8.91. The number of anilines is 1. The summed E-state index contributed by atoms with van der Waals surface area (Å²) >= 11 is 12.0. The van der Waals surface area contributed by atoms with Crippen molar-refractivity contribution in [1.29, 1.82) is 0 Å². The molecule has 4 nitrogen and oxygen atoms in total. The third-order valence-electron chi connectivity index (χ3n) is 4.00. The van der Waals surface area contributed by atoms with Crippen molar-refractivity contribution < 1.29 is 14.3 Å². The van der Waals surface area contributed by atoms with Gasteiger partial charge in [-0.15, -0.1) is 0 Å². The van der Waals surface area contributed by atoms with E-state index in [9.17, 15) is 9.59 Å². The number of hydrogen-bond donors (Lipinski definition) is 1. The molecule has 0 spiro atoms. The fraction of sp³-hybridized carbons (Fsp3) is 0.0909. The van der Waals surface area contributed by atoms with Crippen LogP contribution in [-0.2, 0) is 0 Å². The molecule has 1 unspecified atom stereocenters. The zero-order chi connectivity index (χ0) is 20.1. The molecule has 1 N–H and O–H groups in total. The molecule has 0 aliphatic rings. The highest BCUT2D eigenvalue weighted by atomic mass is 35.5. The van der Waals surface area contributed by atoms with E-state index in [0.717, 1.165) is 0 Å². The van der Waals surface area contributed by atoms with E-state index in [-0.39, 0.29) is 11.7 Å². The molecule has 0 saturated heterocycles. The Hall–Kier alpha value is -2.82. The number of rotatable bonds is 6. The van der Waals surface area contributed by atoms with E-state index >= 15 is 0 Å². The average Bonchev–Trinajstić information content (AvgIpc) is 2.68. The van der Waals surface area contributed by atoms with E-state index in [1.165, 1.54) is 0 Å². The van der Waals surface area contributed by atoms with Crippen LogP contribution in [0.1, 0.15) is 27.6 Å². The van der Waals surface area contributed by atoms with Crippen molar-refractivity contribution in [3.8, 4) is 5.75 Å². The number of benzene rings is 3. The molecule has 1 atom stereocenters. The third kappa shape index (κ3) is 4.91. The lowest BCUT2D eigenvalue weighted by Crippen LogP contribution is -2.24. The van der Waals surface area contributed by atoms with Crippen LogP contribution in [0.2, 0.25) is 10.0 Å². The Bertz CT molecular complexity index is 1020. The maximum Gasteiger partial charge on any atom is 0.257 e. The molecule has 3 aromatic carbocycles. The van der Waals surface area contributed by atoms with E-state index in [2.05, 4.69) is 5.32 Å². The van der Waals surface area contributed by atoms with Crippen molar-refractivity contribution in [3.05, 3.63) is 94.0 Å². The molecule has 28 heavy (non-hydrogen) atoms. The van der Waals surface area contributed by atoms with Gasteiger partial charge in [-0.1, -0.05) is 53.5 Å². The van der Waals surface area contributed by atoms with Crippen molar-refractivity contribution in [2.24, 2.45) is 0 Å². The first-order valence-corrected chi connectivity index (χ1v) is 9.32. The predicted molar refractivity (Wildman–Crippen MR) is 112 cm³/mol. The molecule has 0 aliphatic heterocycles. The summed E-state index contributed by atoms with van der Waals surface area (Å²) in [7, 11) is 0. The van der Waals surface area contributed by atoms with Gasteiger partial charge < -0.3 is 10.1 Å². The zero-order valence-corrected chi connectivity index (χ0v) is 16.5. The summed E-state index contributed by atoms with van der Waals surface area (Å²) in [6.07, 6.45) is -0.715. The van der Waals surface area contributed by atoms with Crippen molar-refractivity contribution in [2.75, 3.05) is 5.32 Å². The predicted octanol–water partition coefficient (Wildman–Crippen LogP) is 5.90. The van der Waals surface area contributed by atoms with Gasteiger partial charge in [-0.3, -0.25) is 9.59 Å². The molecule has 142 valence electrons. The number of carbonyl (C=O) groups excluding carboxylic acids is 2. The Morgan fingerprint density at radius 3 is 2.43 bits per heavy atom. The van der Waals surface area contributed by atoms with Gasteiger partial charge in [-0.2, -0.15) is 0 Å². The number of ether oxygens (including phenoxy) is 1. The molecule has 0 aliphatic carbocycles. The Morgan fingerprint density at radius 2 is 1.68 bits per heavy atom. The largest absolute Gasteiger partial charge is 0.482 e. The molecule has 0 heterocycles. The SMILES string of the molecule is CC(Oc1cccc(NC(=O)c2ccccc2Cl)c1)C(=O)c1cccc(Cl)c1. The number of ketones is 1. The minimum atomic E-state index is -0.715. The minimum absolute atomic E-state index is 0.187. The second-order valence-corrected chi connectivity index (χ2v) is 6.94. The zero-order valence-electron chi connectivity index (χ0n) is 15.0. The van der Waals surface area contributed by atoms with Gasteiger partial charge in [0.2, 0.25) is 5.78 Å². The number of hydrogen-bond acceptors (Lipinski definition) is 3. The lowest BCUT2D eigenvalue weighted by Gasteiger charge is -2.15. The van der Waals surface area contributed by atoms with Crippen LogP contribution in [0.3, 0.4) is 0 Å². The van der Waals surface area contributed by atoms with Crippen LogP contribution in [0, 0.1) is 0 Å². The van der Waals surface area contributed by atoms with E-state index in [0.29, 0.717) is 32.6 Å². The van der Waals surface area contributed by atoms with E-state index in [1.54, 1.807) is 79.7 Å². The topological polar surface area (TPSA) is 55.4 Å². The Morgan fingerprint density at radius 1 is 0.929 bits per heavy atom. The average molecular weight is 414 g/mol. The Labute approximate surface area is 173 Å². The summed E-state index contributed by atoms with van der Waals surface area (Å²) in [6, 6.07) is 20.3. The first-order valence-electron chi connectivity index (χ1n) is 8.56. The van der Waals surface area contributed by atoms with Crippen molar-refractivity contribution in [1.82, 2.24) is 0 Å². The summed E-state index contributed by atoms with van der Waals surface area (Å²) in [5, 5.41) is 3.63. The van der Waals surface area contributed by atoms with Crippen molar-refractivity contribution in [3.63, 3.8) is 0 Å². The Balaban J connectivity index is 1.70. The molecule has 0 fully saturated rings. The second-order valence-electron chi connectivity index (χ2n) is 6.10. The summed E-state index contributed by atoms with van der Waals surface area (Å²) in [4.78, 5) is 24.9. The van der Waals surface area contributed by atoms with Gasteiger partial charge >= 0.3 is 0 Å². The fourth-order valence-corrected chi connectivity index (χ4v) is 3.04. The fourth-order valence-electron chi connectivity index (χ4n) is 2.63. The molecule has 1 amide bonds. The third-order valence-corrected chi connectivity index (χ3v) is 4.57. The van der Waals surface area contributed by atoms with Crippen LogP contribution in [0.15, 0.2) is 72.8 Å². The normalized spacial score (nSPS) is 11.5. The molecular weight excluding hydrogens is 397 g/mol. The lowest BCUT2D eigenvalue weighted by atomic mass is 10.1. The smallest absolute Gasteiger partial charge is 0.257 e. The van der Waals surface area contributed by atoms with Crippen LogP contribution >= 0.6 is 23.2 Å². The van der Waals surface area contributed by atoms with Gasteiger partial charge in [0.05, 0.1) is 10.6 Å². The standard InChI is InChI=1S/C22H17Cl2NO3/c1-14(21(26)15-6-4-7-16(23)12-15)28-18-9-5-8-17(13-18)25-22(27)19-10-2-3-11-20(19)24/h2-14H,1H3,(H,25,27). The summed E-state index contributed by atoms with van der Waals surface area (Å²) in [5.74, 6) is -0.0568. The quantitative estimate of drug-likeness (QED) is 0.512. The van der Waals surface area contributed by atoms with Gasteiger partial charge in [0.1, 0.15) is 5.75 Å². The van der Waals surface area contributed by atoms with Crippen LogP contribution in [0.25, 0.3) is 0 Å². The number of nitrogens with one attached hydrogen (secondary N) is 1. The number of carbonyl (C=O) groups is 2. The molecule has 0 saturated carbocycles. The molecule has 0 bridgehead atoms. The lowest BCUT2D eigenvalue weighted by molar-refractivity contribution is 0.0818. The summed E-state index contributed by atoms with van der Waals surface area (Å²) < 4.78 is 5.75. The maximum atomic E-state index is 12.5. The van der Waals surface area contributed by atoms with Crippen molar-refractivity contribution in [2.45, 2.75) is 13.0 Å². The molecular formula is C22H17Cl2NO3. The molecule has 3 aromatic rings. The van der Waals surface area contributed by atoms with Crippen LogP contribution < -0.4 is 10.1 Å². The van der Waals surface area contributed by atoms with Gasteiger partial charge in [-0.05, 0) is 43.3 Å². The molecule has 3 rings (SSSR count). The highest BCUT2D eigenvalue weighted by Crippen LogP contribution is 2.22. The first-order chi connectivity index (χ1) is 13.4. The first kappa shape index (κ1) is 19.9. The number of halogens is 2. The van der Waals surface area contributed by atoms with E-state index in [4.69, 9.17) is 27.9 Å². The number of Topliss-reactive ketones (excluding diaryl/α,β-unsaturated/α-hetero) is 1. The molecule has 6 heteroatoms. The molecule has 0 radical (unpaired) electrons. The Kier molecular flexibility index (Phi) is 6.34. The van der Waals surface area contributed by atoms with Crippen LogP contribution in [0.5, 0.6) is 5.75 Å². The van der Waals surface area contributed by atoms with Gasteiger partial charge in [0.15, 0.2) is 6.10 Å². The molecule has 0 aromatic heterocycles. The summed E-state index contributed by atoms with van der Waals surface area (Å²) in [5.41, 5.74) is 1.38. The van der Waals surface area contributed by atoms with Crippen LogP contribution in [0.4, 0.5) is 5.69 Å². The highest BCUT2D eigenvalue weighted by Gasteiger charge is 2.17. The number of amides is 1. The van der Waals surface area contributed by atoms with E-state index in [1.807, 2.05) is 0 Å². The minimum Gasteiger partial charge on any atom is -0.482 e. The van der Waals surface area contributed by atoms with Gasteiger partial charge in [0, 0.05) is 22.3 Å². The van der Waals surface area contributed by atoms with Gasteiger partial charge in [-0.25, -0.2) is 0 Å². The van der Waals surface area contributed by atoms with Crippen molar-refractivity contribution >= 4 is 40.6 Å². The monoisotopic (exact) mass is 413 g/mol.